The minimum atomic E-state index is -0.653. The summed E-state index contributed by atoms with van der Waals surface area (Å²) in [4.78, 5) is 13.8. The van der Waals surface area contributed by atoms with E-state index in [1.54, 1.807) is 4.90 Å². The molecule has 3 nitrogen and oxygen atoms in total. The summed E-state index contributed by atoms with van der Waals surface area (Å²) < 4.78 is 0. The highest BCUT2D eigenvalue weighted by Gasteiger charge is 2.42. The zero-order valence-electron chi connectivity index (χ0n) is 10.5. The molecule has 0 radical (unpaired) electrons. The van der Waals surface area contributed by atoms with Crippen molar-refractivity contribution in [2.24, 2.45) is 0 Å². The number of rotatable bonds is 4. The smallest absolute Gasteiger partial charge is 0.254 e. The van der Waals surface area contributed by atoms with Crippen molar-refractivity contribution in [2.45, 2.75) is 30.7 Å². The molecule has 18 heavy (non-hydrogen) atoms. The maximum Gasteiger partial charge on any atom is 0.254 e. The molecular formula is C14H18BrNO2. The van der Waals surface area contributed by atoms with E-state index in [-0.39, 0.29) is 5.91 Å². The molecule has 0 aromatic heterocycles. The zero-order valence-corrected chi connectivity index (χ0v) is 12.1. The highest BCUT2D eigenvalue weighted by molar-refractivity contribution is 9.08. The van der Waals surface area contributed by atoms with Gasteiger partial charge in [0.1, 0.15) is 0 Å². The summed E-state index contributed by atoms with van der Waals surface area (Å²) >= 11 is 3.38. The van der Waals surface area contributed by atoms with E-state index < -0.39 is 5.60 Å². The van der Waals surface area contributed by atoms with Gasteiger partial charge >= 0.3 is 0 Å². The molecule has 4 heteroatoms. The van der Waals surface area contributed by atoms with E-state index in [4.69, 9.17) is 0 Å². The first-order chi connectivity index (χ1) is 8.58. The number of amides is 1. The van der Waals surface area contributed by atoms with Gasteiger partial charge in [-0.1, -0.05) is 41.4 Å². The highest BCUT2D eigenvalue weighted by atomic mass is 79.9. The fraction of sp³-hybridized carbons (Fsp3) is 0.500. The molecule has 0 spiro atoms. The lowest BCUT2D eigenvalue weighted by Crippen LogP contribution is -2.63. The number of carbonyl (C=O) groups excluding carboxylic acids is 1. The van der Waals surface area contributed by atoms with Crippen molar-refractivity contribution < 1.29 is 9.90 Å². The van der Waals surface area contributed by atoms with Crippen LogP contribution >= 0.6 is 15.9 Å². The fourth-order valence-corrected chi connectivity index (χ4v) is 2.72. The van der Waals surface area contributed by atoms with Crippen molar-refractivity contribution in [3.63, 3.8) is 0 Å². The minimum Gasteiger partial charge on any atom is -0.386 e. The Bertz CT molecular complexity index is 424. The van der Waals surface area contributed by atoms with Crippen LogP contribution in [-0.4, -0.2) is 34.6 Å². The molecule has 1 amide bonds. The highest BCUT2D eigenvalue weighted by Crippen LogP contribution is 2.27. The van der Waals surface area contributed by atoms with Crippen LogP contribution in [0.1, 0.15) is 35.7 Å². The third-order valence-electron chi connectivity index (χ3n) is 3.33. The van der Waals surface area contributed by atoms with Gasteiger partial charge in [-0.05, 0) is 24.1 Å². The second kappa shape index (κ2) is 5.41. The molecule has 0 atom stereocenters. The lowest BCUT2D eigenvalue weighted by molar-refractivity contribution is -0.0860. The maximum absolute atomic E-state index is 12.1. The minimum absolute atomic E-state index is 0.0110. The van der Waals surface area contributed by atoms with Crippen molar-refractivity contribution in [1.82, 2.24) is 4.90 Å². The Morgan fingerprint density at radius 2 is 2.00 bits per heavy atom. The first-order valence-electron chi connectivity index (χ1n) is 6.24. The zero-order chi connectivity index (χ0) is 13.2. The summed E-state index contributed by atoms with van der Waals surface area (Å²) in [6, 6.07) is 7.58. The van der Waals surface area contributed by atoms with Crippen LogP contribution in [0, 0.1) is 0 Å². The normalized spacial score (nSPS) is 17.4. The lowest BCUT2D eigenvalue weighted by atomic mass is 9.88. The largest absolute Gasteiger partial charge is 0.386 e. The second-order valence-electron chi connectivity index (χ2n) is 4.97. The number of alkyl halides is 1. The van der Waals surface area contributed by atoms with Crippen LogP contribution < -0.4 is 0 Å². The molecular weight excluding hydrogens is 294 g/mol. The molecule has 1 N–H and O–H groups in total. The van der Waals surface area contributed by atoms with Crippen LogP contribution in [0.15, 0.2) is 24.3 Å². The van der Waals surface area contributed by atoms with Crippen LogP contribution in [0.2, 0.25) is 0 Å². The first-order valence-corrected chi connectivity index (χ1v) is 7.37. The Kier molecular flexibility index (Phi) is 4.07. The molecule has 0 saturated carbocycles. The first kappa shape index (κ1) is 13.6. The van der Waals surface area contributed by atoms with Crippen molar-refractivity contribution in [3.8, 4) is 0 Å². The van der Waals surface area contributed by atoms with Gasteiger partial charge < -0.3 is 10.0 Å². The van der Waals surface area contributed by atoms with Gasteiger partial charge in [-0.3, -0.25) is 4.79 Å². The van der Waals surface area contributed by atoms with Gasteiger partial charge in [0.05, 0.1) is 18.7 Å². The Morgan fingerprint density at radius 3 is 2.50 bits per heavy atom. The van der Waals surface area contributed by atoms with Gasteiger partial charge in [0.25, 0.3) is 5.91 Å². The summed E-state index contributed by atoms with van der Waals surface area (Å²) in [6.45, 7) is 2.96. The van der Waals surface area contributed by atoms with Crippen LogP contribution in [0.25, 0.3) is 0 Å². The number of likely N-dealkylation sites (tertiary alicyclic amines) is 1. The topological polar surface area (TPSA) is 40.5 Å². The van der Waals surface area contributed by atoms with E-state index >= 15 is 0 Å². The van der Waals surface area contributed by atoms with Gasteiger partial charge in [0, 0.05) is 10.9 Å². The van der Waals surface area contributed by atoms with E-state index in [0.717, 1.165) is 23.7 Å². The number of hydrogen-bond acceptors (Lipinski definition) is 2. The molecule has 0 aliphatic carbocycles. The van der Waals surface area contributed by atoms with Crippen LogP contribution in [0.3, 0.4) is 0 Å². The third kappa shape index (κ3) is 2.75. The standard InChI is InChI=1S/C14H18BrNO2/c1-2-7-14(18)9-16(10-14)13(17)12-5-3-11(8-15)4-6-12/h3-6,18H,2,7-10H2,1H3. The van der Waals surface area contributed by atoms with Gasteiger partial charge in [-0.15, -0.1) is 0 Å². The van der Waals surface area contributed by atoms with Crippen molar-refractivity contribution in [1.29, 1.82) is 0 Å². The number of β-amino-alcohol motifs (C(OH)–C–C–N with tert-alkyl or cyclic N) is 1. The molecule has 1 aromatic carbocycles. The van der Waals surface area contributed by atoms with E-state index in [1.165, 1.54) is 0 Å². The molecule has 0 bridgehead atoms. The number of carbonyl (C=O) groups is 1. The summed E-state index contributed by atoms with van der Waals surface area (Å²) in [7, 11) is 0. The van der Waals surface area contributed by atoms with Crippen LogP contribution in [0.4, 0.5) is 0 Å². The molecule has 0 unspecified atom stereocenters. The van der Waals surface area contributed by atoms with Gasteiger partial charge in [-0.2, -0.15) is 0 Å². The molecule has 1 fully saturated rings. The predicted octanol–water partition coefficient (Wildman–Crippen LogP) is 2.57. The Balaban J connectivity index is 1.97. The molecule has 1 aliphatic heterocycles. The molecule has 98 valence electrons. The number of benzene rings is 1. The number of aliphatic hydroxyl groups is 1. The summed E-state index contributed by atoms with van der Waals surface area (Å²) in [5, 5.41) is 10.9. The molecule has 1 aliphatic rings. The number of nitrogens with zero attached hydrogens (tertiary/aromatic N) is 1. The summed E-state index contributed by atoms with van der Waals surface area (Å²) in [5.41, 5.74) is 1.19. The van der Waals surface area contributed by atoms with E-state index in [0.29, 0.717) is 18.7 Å². The monoisotopic (exact) mass is 311 g/mol. The fourth-order valence-electron chi connectivity index (χ4n) is 2.35. The van der Waals surface area contributed by atoms with Crippen LogP contribution in [-0.2, 0) is 5.33 Å². The SMILES string of the molecule is CCCC1(O)CN(C(=O)c2ccc(CBr)cc2)C1. The van der Waals surface area contributed by atoms with Crippen molar-refractivity contribution in [2.75, 3.05) is 13.1 Å². The summed E-state index contributed by atoms with van der Waals surface area (Å²) in [6.07, 6.45) is 1.71. The number of halogens is 1. The molecule has 1 aromatic rings. The quantitative estimate of drug-likeness (QED) is 0.868. The number of hydrogen-bond donors (Lipinski definition) is 1. The Morgan fingerprint density at radius 1 is 1.39 bits per heavy atom. The van der Waals surface area contributed by atoms with E-state index in [9.17, 15) is 9.90 Å². The molecule has 1 saturated heterocycles. The molecule has 2 rings (SSSR count). The van der Waals surface area contributed by atoms with E-state index in [2.05, 4.69) is 15.9 Å². The Hall–Kier alpha value is -0.870. The average Bonchev–Trinajstić information content (AvgIpc) is 2.35. The van der Waals surface area contributed by atoms with E-state index in [1.807, 2.05) is 31.2 Å². The van der Waals surface area contributed by atoms with Gasteiger partial charge in [0.2, 0.25) is 0 Å². The third-order valence-corrected chi connectivity index (χ3v) is 3.98. The van der Waals surface area contributed by atoms with Gasteiger partial charge in [-0.25, -0.2) is 0 Å². The van der Waals surface area contributed by atoms with Crippen molar-refractivity contribution in [3.05, 3.63) is 35.4 Å². The maximum atomic E-state index is 12.1. The van der Waals surface area contributed by atoms with Gasteiger partial charge in [0.15, 0.2) is 0 Å². The van der Waals surface area contributed by atoms with Crippen molar-refractivity contribution >= 4 is 21.8 Å². The lowest BCUT2D eigenvalue weighted by Gasteiger charge is -2.46. The summed E-state index contributed by atoms with van der Waals surface area (Å²) in [5.74, 6) is 0.0110. The Labute approximate surface area is 116 Å². The average molecular weight is 312 g/mol. The predicted molar refractivity (Wildman–Crippen MR) is 74.8 cm³/mol. The second-order valence-corrected chi connectivity index (χ2v) is 5.53. The van der Waals surface area contributed by atoms with Crippen LogP contribution in [0.5, 0.6) is 0 Å². The molecule has 1 heterocycles.